The predicted molar refractivity (Wildman–Crippen MR) is 51.6 cm³/mol. The second kappa shape index (κ2) is 4.03. The number of alkyl halides is 6. The molecule has 0 fully saturated rings. The second-order valence-electron chi connectivity index (χ2n) is 3.99. The molecule has 0 N–H and O–H groups in total. The average Bonchev–Trinajstić information content (AvgIpc) is 2.66. The van der Waals surface area contributed by atoms with Gasteiger partial charge in [0, 0.05) is 5.56 Å². The largest absolute Gasteiger partial charge is 0.497 e. The minimum Gasteiger partial charge on any atom is -0.497 e. The van der Waals surface area contributed by atoms with Gasteiger partial charge in [-0.05, 0) is 17.7 Å². The van der Waals surface area contributed by atoms with Crippen molar-refractivity contribution in [2.75, 3.05) is 7.11 Å². The van der Waals surface area contributed by atoms with Gasteiger partial charge in [0.2, 0.25) is 0 Å². The number of methoxy groups -OCH3 is 1. The van der Waals surface area contributed by atoms with E-state index in [9.17, 15) is 26.3 Å². The molecule has 0 saturated heterocycles. The maximum atomic E-state index is 12.9. The van der Waals surface area contributed by atoms with Crippen LogP contribution in [-0.2, 0) is 16.9 Å². The fourth-order valence-electron chi connectivity index (χ4n) is 2.05. The smallest absolute Gasteiger partial charge is 0.430 e. The monoisotopic (exact) mass is 286 g/mol. The van der Waals surface area contributed by atoms with E-state index in [0.29, 0.717) is 0 Å². The van der Waals surface area contributed by atoms with Gasteiger partial charge >= 0.3 is 12.4 Å². The number of halogens is 6. The van der Waals surface area contributed by atoms with Crippen LogP contribution < -0.4 is 4.74 Å². The molecule has 2 rings (SSSR count). The van der Waals surface area contributed by atoms with E-state index in [0.717, 1.165) is 18.2 Å². The highest BCUT2D eigenvalue weighted by Gasteiger charge is 2.75. The van der Waals surface area contributed by atoms with Gasteiger partial charge in [0.25, 0.3) is 5.60 Å². The van der Waals surface area contributed by atoms with Crippen LogP contribution in [0.5, 0.6) is 5.75 Å². The van der Waals surface area contributed by atoms with Crippen LogP contribution in [0.1, 0.15) is 11.1 Å². The Labute approximate surface area is 103 Å². The van der Waals surface area contributed by atoms with Crippen molar-refractivity contribution in [3.63, 3.8) is 0 Å². The predicted octanol–water partition coefficient (Wildman–Crippen LogP) is 3.55. The van der Waals surface area contributed by atoms with Gasteiger partial charge in [-0.25, -0.2) is 0 Å². The molecule has 8 heteroatoms. The summed E-state index contributed by atoms with van der Waals surface area (Å²) < 4.78 is 86.3. The Kier molecular flexibility index (Phi) is 2.96. The molecule has 1 aromatic carbocycles. The minimum atomic E-state index is -5.59. The van der Waals surface area contributed by atoms with Gasteiger partial charge in [0.1, 0.15) is 5.75 Å². The summed E-state index contributed by atoms with van der Waals surface area (Å²) in [7, 11) is 1.26. The molecule has 2 nitrogen and oxygen atoms in total. The Balaban J connectivity index is 2.65. The van der Waals surface area contributed by atoms with Gasteiger partial charge in [-0.1, -0.05) is 6.07 Å². The van der Waals surface area contributed by atoms with E-state index in [1.165, 1.54) is 7.11 Å². The minimum absolute atomic E-state index is 0.169. The van der Waals surface area contributed by atoms with Crippen molar-refractivity contribution in [3.8, 4) is 5.75 Å². The Bertz CT molecular complexity index is 477. The molecule has 0 aromatic heterocycles. The van der Waals surface area contributed by atoms with Gasteiger partial charge in [-0.3, -0.25) is 0 Å². The maximum absolute atomic E-state index is 12.9. The van der Waals surface area contributed by atoms with Crippen LogP contribution in [-0.4, -0.2) is 19.5 Å². The van der Waals surface area contributed by atoms with E-state index in [-0.39, 0.29) is 11.3 Å². The van der Waals surface area contributed by atoms with Crippen LogP contribution in [0.3, 0.4) is 0 Å². The first-order valence-electron chi connectivity index (χ1n) is 5.08. The summed E-state index contributed by atoms with van der Waals surface area (Å²) in [6.07, 6.45) is -11.2. The summed E-state index contributed by atoms with van der Waals surface area (Å²) in [6, 6.07) is 2.89. The molecule has 1 aromatic rings. The highest BCUT2D eigenvalue weighted by Crippen LogP contribution is 2.57. The average molecular weight is 286 g/mol. The lowest BCUT2D eigenvalue weighted by molar-refractivity contribution is -0.385. The van der Waals surface area contributed by atoms with Crippen LogP contribution in [0, 0.1) is 0 Å². The van der Waals surface area contributed by atoms with Crippen LogP contribution in [0.25, 0.3) is 0 Å². The van der Waals surface area contributed by atoms with E-state index in [2.05, 4.69) is 4.74 Å². The number of hydrogen-bond donors (Lipinski definition) is 0. The Morgan fingerprint density at radius 1 is 1.11 bits per heavy atom. The van der Waals surface area contributed by atoms with Crippen LogP contribution >= 0.6 is 0 Å². The molecule has 0 radical (unpaired) electrons. The van der Waals surface area contributed by atoms with E-state index >= 15 is 0 Å². The zero-order valence-electron chi connectivity index (χ0n) is 9.52. The lowest BCUT2D eigenvalue weighted by Crippen LogP contribution is -2.53. The molecular formula is C11H8F6O2. The Morgan fingerprint density at radius 3 is 2.16 bits per heavy atom. The molecule has 106 valence electrons. The fourth-order valence-corrected chi connectivity index (χ4v) is 2.05. The Hall–Kier alpha value is -1.44. The highest BCUT2D eigenvalue weighted by molar-refractivity contribution is 5.43. The number of fused-ring (bicyclic) bond motifs is 1. The molecule has 0 amide bonds. The lowest BCUT2D eigenvalue weighted by Gasteiger charge is -2.33. The normalized spacial score (nSPS) is 18.3. The van der Waals surface area contributed by atoms with Crippen LogP contribution in [0.15, 0.2) is 18.2 Å². The molecule has 0 atom stereocenters. The standard InChI is InChI=1S/C11H8F6O2/c1-18-7-2-3-8-6(4-7)5-19-9(8,10(12,13)14)11(15,16)17/h2-4H,5H2,1H3. The van der Waals surface area contributed by atoms with E-state index in [1.807, 2.05) is 0 Å². The fraction of sp³-hybridized carbons (Fsp3) is 0.455. The van der Waals surface area contributed by atoms with Crippen molar-refractivity contribution in [3.05, 3.63) is 29.3 Å². The summed E-state index contributed by atoms with van der Waals surface area (Å²) in [5, 5.41) is 0. The van der Waals surface area contributed by atoms with Crippen molar-refractivity contribution >= 4 is 0 Å². The zero-order chi connectivity index (χ0) is 14.5. The Morgan fingerprint density at radius 2 is 1.68 bits per heavy atom. The third kappa shape index (κ3) is 1.85. The molecule has 1 heterocycles. The third-order valence-electron chi connectivity index (χ3n) is 2.93. The van der Waals surface area contributed by atoms with Gasteiger partial charge in [-0.2, -0.15) is 26.3 Å². The van der Waals surface area contributed by atoms with Crippen molar-refractivity contribution in [2.24, 2.45) is 0 Å². The first-order valence-corrected chi connectivity index (χ1v) is 5.08. The number of rotatable bonds is 1. The number of ether oxygens (including phenoxy) is 2. The summed E-state index contributed by atoms with van der Waals surface area (Å²) in [5.74, 6) is 0.169. The van der Waals surface area contributed by atoms with E-state index in [1.54, 1.807) is 0 Å². The SMILES string of the molecule is COc1ccc2c(c1)COC2(C(F)(F)F)C(F)(F)F. The van der Waals surface area contributed by atoms with E-state index < -0.39 is 30.1 Å². The molecule has 0 unspecified atom stereocenters. The molecule has 1 aliphatic rings. The van der Waals surface area contributed by atoms with Crippen molar-refractivity contribution < 1.29 is 35.8 Å². The number of hydrogen-bond acceptors (Lipinski definition) is 2. The molecule has 0 saturated carbocycles. The van der Waals surface area contributed by atoms with Gasteiger partial charge in [-0.15, -0.1) is 0 Å². The van der Waals surface area contributed by atoms with E-state index in [4.69, 9.17) is 4.74 Å². The molecule has 0 aliphatic carbocycles. The van der Waals surface area contributed by atoms with Gasteiger partial charge in [0.05, 0.1) is 13.7 Å². The summed E-state index contributed by atoms with van der Waals surface area (Å²) in [6.45, 7) is -0.772. The van der Waals surface area contributed by atoms with Gasteiger partial charge in [0.15, 0.2) is 0 Å². The van der Waals surface area contributed by atoms with Gasteiger partial charge < -0.3 is 9.47 Å². The summed E-state index contributed by atoms with van der Waals surface area (Å²) in [5.41, 5.74) is -5.39. The summed E-state index contributed by atoms with van der Waals surface area (Å²) in [4.78, 5) is 0. The molecule has 19 heavy (non-hydrogen) atoms. The topological polar surface area (TPSA) is 18.5 Å². The van der Waals surface area contributed by atoms with Crippen molar-refractivity contribution in [2.45, 2.75) is 24.6 Å². The third-order valence-corrected chi connectivity index (χ3v) is 2.93. The molecular weight excluding hydrogens is 278 g/mol. The van der Waals surface area contributed by atoms with Crippen LogP contribution in [0.2, 0.25) is 0 Å². The maximum Gasteiger partial charge on any atom is 0.430 e. The van der Waals surface area contributed by atoms with Crippen molar-refractivity contribution in [1.82, 2.24) is 0 Å². The molecule has 0 spiro atoms. The lowest BCUT2D eigenvalue weighted by atomic mass is 9.91. The quantitative estimate of drug-likeness (QED) is 0.735. The first-order chi connectivity index (χ1) is 8.63. The molecule has 0 bridgehead atoms. The summed E-state index contributed by atoms with van der Waals surface area (Å²) >= 11 is 0. The first kappa shape index (κ1) is 14.0. The molecule has 1 aliphatic heterocycles. The van der Waals surface area contributed by atoms with Crippen LogP contribution in [0.4, 0.5) is 26.3 Å². The van der Waals surface area contributed by atoms with Crippen molar-refractivity contribution in [1.29, 1.82) is 0 Å². The number of benzene rings is 1. The highest BCUT2D eigenvalue weighted by atomic mass is 19.4. The second-order valence-corrected chi connectivity index (χ2v) is 3.99. The zero-order valence-corrected chi connectivity index (χ0v) is 9.52.